The molecule has 0 spiro atoms. The van der Waals surface area contributed by atoms with Crippen LogP contribution in [0.4, 0.5) is 0 Å². The van der Waals surface area contributed by atoms with Gasteiger partial charge in [0.2, 0.25) is 0 Å². The number of rotatable bonds is 2. The molecule has 2 nitrogen and oxygen atoms in total. The summed E-state index contributed by atoms with van der Waals surface area (Å²) in [6, 6.07) is 17.8. The maximum atomic E-state index is 11.6. The van der Waals surface area contributed by atoms with E-state index in [1.807, 2.05) is 30.3 Å². The Morgan fingerprint density at radius 3 is 1.95 bits per heavy atom. The van der Waals surface area contributed by atoms with Gasteiger partial charge in [0.25, 0.3) is 0 Å². The van der Waals surface area contributed by atoms with Crippen LogP contribution in [0.5, 0.6) is 5.75 Å². The van der Waals surface area contributed by atoms with Gasteiger partial charge in [0.05, 0.1) is 0 Å². The maximum Gasteiger partial charge on any atom is 0.133 e. The average molecular weight is 266 g/mol. The molecule has 3 rings (SSSR count). The summed E-state index contributed by atoms with van der Waals surface area (Å²) in [5.41, 5.74) is 2.36. The van der Waals surface area contributed by atoms with E-state index in [1.54, 1.807) is 12.1 Å². The SMILES string of the molecule is O=C1CCC(c2ccccc2)(c2ccc(O)cc2)CC1. The van der Waals surface area contributed by atoms with Crippen molar-refractivity contribution >= 4 is 5.78 Å². The number of carbonyl (C=O) groups excluding carboxylic acids is 1. The van der Waals surface area contributed by atoms with Crippen molar-refractivity contribution in [2.45, 2.75) is 31.1 Å². The molecule has 0 amide bonds. The number of carbonyl (C=O) groups is 1. The largest absolute Gasteiger partial charge is 0.508 e. The topological polar surface area (TPSA) is 37.3 Å². The lowest BCUT2D eigenvalue weighted by atomic mass is 9.65. The van der Waals surface area contributed by atoms with Gasteiger partial charge < -0.3 is 5.11 Å². The van der Waals surface area contributed by atoms with Crippen LogP contribution in [0.15, 0.2) is 54.6 Å². The van der Waals surface area contributed by atoms with E-state index in [1.165, 1.54) is 11.1 Å². The zero-order valence-corrected chi connectivity index (χ0v) is 11.4. The van der Waals surface area contributed by atoms with E-state index in [0.29, 0.717) is 18.6 Å². The second-order valence-corrected chi connectivity index (χ2v) is 5.53. The lowest BCUT2D eigenvalue weighted by Gasteiger charge is -2.38. The molecule has 0 unspecified atom stereocenters. The van der Waals surface area contributed by atoms with Gasteiger partial charge in [-0.25, -0.2) is 0 Å². The minimum atomic E-state index is -0.0944. The lowest BCUT2D eigenvalue weighted by molar-refractivity contribution is -0.121. The molecule has 2 heteroatoms. The van der Waals surface area contributed by atoms with Crippen LogP contribution < -0.4 is 0 Å². The van der Waals surface area contributed by atoms with Gasteiger partial charge in [-0.15, -0.1) is 0 Å². The molecule has 0 saturated heterocycles. The summed E-state index contributed by atoms with van der Waals surface area (Å²) in [6.45, 7) is 0. The molecule has 2 aromatic rings. The van der Waals surface area contributed by atoms with Gasteiger partial charge >= 0.3 is 0 Å². The van der Waals surface area contributed by atoms with Crippen LogP contribution in [0.25, 0.3) is 0 Å². The van der Waals surface area contributed by atoms with Crippen molar-refractivity contribution in [3.8, 4) is 5.75 Å². The molecular weight excluding hydrogens is 248 g/mol. The number of hydrogen-bond donors (Lipinski definition) is 1. The fraction of sp³-hybridized carbons (Fsp3) is 0.278. The Labute approximate surface area is 119 Å². The third-order valence-corrected chi connectivity index (χ3v) is 4.41. The van der Waals surface area contributed by atoms with Gasteiger partial charge in [-0.2, -0.15) is 0 Å². The summed E-state index contributed by atoms with van der Waals surface area (Å²) < 4.78 is 0. The highest BCUT2D eigenvalue weighted by atomic mass is 16.3. The number of benzene rings is 2. The summed E-state index contributed by atoms with van der Waals surface area (Å²) in [5, 5.41) is 9.50. The second-order valence-electron chi connectivity index (χ2n) is 5.53. The van der Waals surface area contributed by atoms with Gasteiger partial charge in [-0.05, 0) is 36.1 Å². The zero-order valence-electron chi connectivity index (χ0n) is 11.4. The van der Waals surface area contributed by atoms with Crippen molar-refractivity contribution in [3.63, 3.8) is 0 Å². The first kappa shape index (κ1) is 12.9. The van der Waals surface area contributed by atoms with E-state index in [0.717, 1.165) is 12.8 Å². The van der Waals surface area contributed by atoms with E-state index in [2.05, 4.69) is 12.1 Å². The molecule has 2 aromatic carbocycles. The van der Waals surface area contributed by atoms with Gasteiger partial charge in [0.1, 0.15) is 11.5 Å². The predicted octanol–water partition coefficient (Wildman–Crippen LogP) is 3.82. The smallest absolute Gasteiger partial charge is 0.133 e. The monoisotopic (exact) mass is 266 g/mol. The minimum Gasteiger partial charge on any atom is -0.508 e. The van der Waals surface area contributed by atoms with Gasteiger partial charge in [0, 0.05) is 18.3 Å². The molecule has 0 heterocycles. The van der Waals surface area contributed by atoms with Crippen LogP contribution in [0.1, 0.15) is 36.8 Å². The standard InChI is InChI=1S/C18H18O2/c19-16-8-6-15(7-9-16)18(12-10-17(20)11-13-18)14-4-2-1-3-5-14/h1-9,19H,10-13H2. The van der Waals surface area contributed by atoms with Crippen molar-refractivity contribution in [2.75, 3.05) is 0 Å². The molecule has 102 valence electrons. The third kappa shape index (κ3) is 2.22. The van der Waals surface area contributed by atoms with Crippen molar-refractivity contribution < 1.29 is 9.90 Å². The Morgan fingerprint density at radius 1 is 0.800 bits per heavy atom. The molecule has 0 radical (unpaired) electrons. The number of phenols is 1. The van der Waals surface area contributed by atoms with Crippen LogP contribution in [0.2, 0.25) is 0 Å². The first-order valence-corrected chi connectivity index (χ1v) is 7.07. The number of Topliss-reactive ketones (excluding diaryl/α,β-unsaturated/α-hetero) is 1. The Hall–Kier alpha value is -2.09. The molecule has 1 N–H and O–H groups in total. The second kappa shape index (κ2) is 5.12. The molecule has 1 aliphatic carbocycles. The first-order chi connectivity index (χ1) is 9.71. The van der Waals surface area contributed by atoms with Crippen LogP contribution in [-0.4, -0.2) is 10.9 Å². The fourth-order valence-corrected chi connectivity index (χ4v) is 3.24. The highest BCUT2D eigenvalue weighted by Gasteiger charge is 2.37. The van der Waals surface area contributed by atoms with Crippen molar-refractivity contribution in [1.82, 2.24) is 0 Å². The molecule has 0 aromatic heterocycles. The summed E-state index contributed by atoms with van der Waals surface area (Å²) in [4.78, 5) is 11.6. The van der Waals surface area contributed by atoms with Gasteiger partial charge in [0.15, 0.2) is 0 Å². The lowest BCUT2D eigenvalue weighted by Crippen LogP contribution is -2.33. The molecule has 1 saturated carbocycles. The predicted molar refractivity (Wildman–Crippen MR) is 78.8 cm³/mol. The number of phenolic OH excluding ortho intramolecular Hbond substituents is 1. The number of aromatic hydroxyl groups is 1. The fourth-order valence-electron chi connectivity index (χ4n) is 3.24. The zero-order chi connectivity index (χ0) is 14.0. The van der Waals surface area contributed by atoms with Crippen LogP contribution in [0, 0.1) is 0 Å². The Kier molecular flexibility index (Phi) is 3.31. The summed E-state index contributed by atoms with van der Waals surface area (Å²) >= 11 is 0. The van der Waals surface area contributed by atoms with Crippen molar-refractivity contribution in [1.29, 1.82) is 0 Å². The molecule has 0 aliphatic heterocycles. The summed E-state index contributed by atoms with van der Waals surface area (Å²) in [5.74, 6) is 0.638. The van der Waals surface area contributed by atoms with Crippen LogP contribution >= 0.6 is 0 Å². The van der Waals surface area contributed by atoms with Gasteiger partial charge in [-0.1, -0.05) is 42.5 Å². The molecule has 1 aliphatic rings. The van der Waals surface area contributed by atoms with Crippen LogP contribution in [-0.2, 0) is 10.2 Å². The van der Waals surface area contributed by atoms with E-state index in [9.17, 15) is 9.90 Å². The molecule has 0 bridgehead atoms. The minimum absolute atomic E-state index is 0.0944. The number of hydrogen-bond acceptors (Lipinski definition) is 2. The first-order valence-electron chi connectivity index (χ1n) is 7.07. The highest BCUT2D eigenvalue weighted by Crippen LogP contribution is 2.44. The third-order valence-electron chi connectivity index (χ3n) is 4.41. The molecular formula is C18H18O2. The number of ketones is 1. The Bertz CT molecular complexity index is 589. The summed E-state index contributed by atoms with van der Waals surface area (Å²) in [7, 11) is 0. The van der Waals surface area contributed by atoms with Crippen molar-refractivity contribution in [3.05, 3.63) is 65.7 Å². The molecule has 20 heavy (non-hydrogen) atoms. The van der Waals surface area contributed by atoms with E-state index >= 15 is 0 Å². The maximum absolute atomic E-state index is 11.6. The van der Waals surface area contributed by atoms with E-state index in [-0.39, 0.29) is 11.2 Å². The normalized spacial score (nSPS) is 17.9. The van der Waals surface area contributed by atoms with E-state index < -0.39 is 0 Å². The average Bonchev–Trinajstić information content (AvgIpc) is 2.50. The van der Waals surface area contributed by atoms with E-state index in [4.69, 9.17) is 0 Å². The quantitative estimate of drug-likeness (QED) is 0.897. The van der Waals surface area contributed by atoms with Gasteiger partial charge in [-0.3, -0.25) is 4.79 Å². The Balaban J connectivity index is 2.08. The summed E-state index contributed by atoms with van der Waals surface area (Å²) in [6.07, 6.45) is 2.97. The Morgan fingerprint density at radius 2 is 1.35 bits per heavy atom. The van der Waals surface area contributed by atoms with Crippen LogP contribution in [0.3, 0.4) is 0 Å². The molecule has 0 atom stereocenters. The molecule has 1 fully saturated rings. The van der Waals surface area contributed by atoms with Crippen molar-refractivity contribution in [2.24, 2.45) is 0 Å². The highest BCUT2D eigenvalue weighted by molar-refractivity contribution is 5.80.